The highest BCUT2D eigenvalue weighted by molar-refractivity contribution is 7.10. The number of aryl methyl sites for hydroxylation is 1. The summed E-state index contributed by atoms with van der Waals surface area (Å²) in [6, 6.07) is 2.17. The summed E-state index contributed by atoms with van der Waals surface area (Å²) in [7, 11) is 0. The fraction of sp³-hybridized carbons (Fsp3) is 0.733. The van der Waals surface area contributed by atoms with Gasteiger partial charge in [0.25, 0.3) is 0 Å². The summed E-state index contributed by atoms with van der Waals surface area (Å²) in [6.45, 7) is 2.16. The highest BCUT2D eigenvalue weighted by atomic mass is 32.1. The first-order valence-corrected chi connectivity index (χ1v) is 7.85. The average molecular weight is 248 g/mol. The van der Waals surface area contributed by atoms with Gasteiger partial charge in [-0.1, -0.05) is 6.42 Å². The Morgan fingerprint density at radius 1 is 1.35 bits per heavy atom. The van der Waals surface area contributed by atoms with Gasteiger partial charge in [0.2, 0.25) is 0 Å². The van der Waals surface area contributed by atoms with Crippen LogP contribution in [0.1, 0.15) is 42.5 Å². The third kappa shape index (κ3) is 1.23. The zero-order valence-electron chi connectivity index (χ0n) is 10.4. The fourth-order valence-corrected chi connectivity index (χ4v) is 6.04. The molecular formula is C15H20OS. The van der Waals surface area contributed by atoms with Gasteiger partial charge in [-0.25, -0.2) is 0 Å². The van der Waals surface area contributed by atoms with Gasteiger partial charge in [-0.2, -0.15) is 0 Å². The van der Waals surface area contributed by atoms with Crippen LogP contribution in [0.3, 0.4) is 0 Å². The molecule has 0 aromatic carbocycles. The molecule has 1 N–H and O–H groups in total. The number of fused-ring (bicyclic) bond motifs is 5. The molecule has 17 heavy (non-hydrogen) atoms. The molecule has 5 atom stereocenters. The second-order valence-electron chi connectivity index (χ2n) is 6.38. The third-order valence-corrected chi connectivity index (χ3v) is 6.66. The Kier molecular flexibility index (Phi) is 2.09. The maximum Gasteiger partial charge on any atom is 0.0940 e. The van der Waals surface area contributed by atoms with Crippen molar-refractivity contribution in [3.05, 3.63) is 21.9 Å². The monoisotopic (exact) mass is 248 g/mol. The normalized spacial score (nSPS) is 47.6. The number of hydrogen-bond acceptors (Lipinski definition) is 2. The van der Waals surface area contributed by atoms with Gasteiger partial charge >= 0.3 is 0 Å². The molecular weight excluding hydrogens is 228 g/mol. The summed E-state index contributed by atoms with van der Waals surface area (Å²) in [5.74, 6) is 3.17. The Morgan fingerprint density at radius 2 is 2.18 bits per heavy atom. The SMILES string of the molecule is Cc1sccc1C1(O)CC2CC1C1CCCC21. The van der Waals surface area contributed by atoms with E-state index in [1.54, 1.807) is 11.3 Å². The van der Waals surface area contributed by atoms with Crippen LogP contribution in [0.4, 0.5) is 0 Å². The van der Waals surface area contributed by atoms with E-state index in [4.69, 9.17) is 0 Å². The number of thiophene rings is 1. The molecule has 0 saturated heterocycles. The second kappa shape index (κ2) is 3.36. The highest BCUT2D eigenvalue weighted by Crippen LogP contribution is 2.65. The molecule has 3 aliphatic carbocycles. The summed E-state index contributed by atoms with van der Waals surface area (Å²) >= 11 is 1.78. The summed E-state index contributed by atoms with van der Waals surface area (Å²) in [6.07, 6.45) is 6.54. The van der Waals surface area contributed by atoms with Crippen LogP contribution in [0, 0.1) is 30.6 Å². The first kappa shape index (κ1) is 10.6. The van der Waals surface area contributed by atoms with Crippen LogP contribution in [-0.4, -0.2) is 5.11 Å². The summed E-state index contributed by atoms with van der Waals surface area (Å²) in [5, 5.41) is 13.3. The molecule has 0 aliphatic heterocycles. The minimum atomic E-state index is -0.472. The summed E-state index contributed by atoms with van der Waals surface area (Å²) in [5.41, 5.74) is 0.778. The van der Waals surface area contributed by atoms with Crippen molar-refractivity contribution in [2.75, 3.05) is 0 Å². The lowest BCUT2D eigenvalue weighted by atomic mass is 9.70. The highest BCUT2D eigenvalue weighted by Gasteiger charge is 2.61. The van der Waals surface area contributed by atoms with Gasteiger partial charge in [0.15, 0.2) is 0 Å². The van der Waals surface area contributed by atoms with Crippen LogP contribution in [0.5, 0.6) is 0 Å². The van der Waals surface area contributed by atoms with Crippen LogP contribution >= 0.6 is 11.3 Å². The smallest absolute Gasteiger partial charge is 0.0940 e. The van der Waals surface area contributed by atoms with E-state index in [1.165, 1.54) is 36.1 Å². The lowest BCUT2D eigenvalue weighted by Gasteiger charge is -2.39. The van der Waals surface area contributed by atoms with Crippen LogP contribution < -0.4 is 0 Å². The lowest BCUT2D eigenvalue weighted by Crippen LogP contribution is -2.39. The van der Waals surface area contributed by atoms with Crippen molar-refractivity contribution >= 4 is 11.3 Å². The van der Waals surface area contributed by atoms with Crippen molar-refractivity contribution in [2.45, 2.75) is 44.6 Å². The third-order valence-electron chi connectivity index (χ3n) is 5.82. The minimum Gasteiger partial charge on any atom is -0.385 e. The van der Waals surface area contributed by atoms with Gasteiger partial charge in [0.05, 0.1) is 5.60 Å². The minimum absolute atomic E-state index is 0.472. The molecule has 5 unspecified atom stereocenters. The maximum atomic E-state index is 11.2. The van der Waals surface area contributed by atoms with Crippen molar-refractivity contribution in [3.8, 4) is 0 Å². The summed E-state index contributed by atoms with van der Waals surface area (Å²) in [4.78, 5) is 1.33. The molecule has 1 heterocycles. The van der Waals surface area contributed by atoms with Gasteiger partial charge in [0, 0.05) is 4.88 Å². The average Bonchev–Trinajstić information content (AvgIpc) is 2.95. The van der Waals surface area contributed by atoms with Crippen LogP contribution in [0.15, 0.2) is 11.4 Å². The molecule has 0 radical (unpaired) electrons. The topological polar surface area (TPSA) is 20.2 Å². The van der Waals surface area contributed by atoms with Crippen molar-refractivity contribution in [1.29, 1.82) is 0 Å². The van der Waals surface area contributed by atoms with E-state index in [1.807, 2.05) is 0 Å². The molecule has 3 fully saturated rings. The molecule has 1 aromatic rings. The van der Waals surface area contributed by atoms with E-state index >= 15 is 0 Å². The van der Waals surface area contributed by atoms with E-state index in [0.29, 0.717) is 5.92 Å². The largest absolute Gasteiger partial charge is 0.385 e. The van der Waals surface area contributed by atoms with Crippen molar-refractivity contribution < 1.29 is 5.11 Å². The van der Waals surface area contributed by atoms with Crippen LogP contribution in [0.2, 0.25) is 0 Å². The molecule has 1 nitrogen and oxygen atoms in total. The Bertz CT molecular complexity index is 452. The molecule has 2 bridgehead atoms. The maximum absolute atomic E-state index is 11.2. The number of hydrogen-bond donors (Lipinski definition) is 1. The van der Waals surface area contributed by atoms with E-state index in [-0.39, 0.29) is 0 Å². The van der Waals surface area contributed by atoms with Gasteiger partial charge < -0.3 is 5.11 Å². The molecule has 3 aliphatic rings. The zero-order valence-corrected chi connectivity index (χ0v) is 11.2. The van der Waals surface area contributed by atoms with Crippen molar-refractivity contribution in [3.63, 3.8) is 0 Å². The van der Waals surface area contributed by atoms with Crippen molar-refractivity contribution in [2.24, 2.45) is 23.7 Å². The van der Waals surface area contributed by atoms with E-state index in [9.17, 15) is 5.11 Å². The Balaban J connectivity index is 1.75. The molecule has 92 valence electrons. The number of rotatable bonds is 1. The van der Waals surface area contributed by atoms with E-state index < -0.39 is 5.60 Å². The molecule has 1 aromatic heterocycles. The molecule has 3 saturated carbocycles. The lowest BCUT2D eigenvalue weighted by molar-refractivity contribution is -0.0513. The van der Waals surface area contributed by atoms with Crippen LogP contribution in [-0.2, 0) is 5.60 Å². The molecule has 0 amide bonds. The molecule has 2 heteroatoms. The van der Waals surface area contributed by atoms with E-state index in [0.717, 1.165) is 24.2 Å². The molecule has 4 rings (SSSR count). The standard InChI is InChI=1S/C15H20OS/c1-9-13(5-6-17-9)15(16)8-10-7-14(15)12-4-2-3-11(10)12/h5-6,10-12,14,16H,2-4,7-8H2,1H3. The van der Waals surface area contributed by atoms with Gasteiger partial charge in [-0.15, -0.1) is 11.3 Å². The second-order valence-corrected chi connectivity index (χ2v) is 7.50. The fourth-order valence-electron chi connectivity index (χ4n) is 5.26. The van der Waals surface area contributed by atoms with E-state index in [2.05, 4.69) is 18.4 Å². The zero-order chi connectivity index (χ0) is 11.6. The predicted molar refractivity (Wildman–Crippen MR) is 70.0 cm³/mol. The first-order chi connectivity index (χ1) is 8.20. The summed E-state index contributed by atoms with van der Waals surface area (Å²) < 4.78 is 0. The van der Waals surface area contributed by atoms with Gasteiger partial charge in [-0.05, 0) is 73.3 Å². The number of aliphatic hydroxyl groups is 1. The Morgan fingerprint density at radius 3 is 2.94 bits per heavy atom. The quantitative estimate of drug-likeness (QED) is 0.803. The Labute approximate surface area is 107 Å². The molecule has 0 spiro atoms. The Hall–Kier alpha value is -0.340. The first-order valence-electron chi connectivity index (χ1n) is 6.97. The van der Waals surface area contributed by atoms with Gasteiger partial charge in [0.1, 0.15) is 0 Å². The van der Waals surface area contributed by atoms with Crippen LogP contribution in [0.25, 0.3) is 0 Å². The van der Waals surface area contributed by atoms with Crippen molar-refractivity contribution in [1.82, 2.24) is 0 Å². The predicted octanol–water partition coefficient (Wildman–Crippen LogP) is 3.70. The van der Waals surface area contributed by atoms with Gasteiger partial charge in [-0.3, -0.25) is 0 Å².